The van der Waals surface area contributed by atoms with Crippen LogP contribution in [0.3, 0.4) is 0 Å². The normalized spacial score (nSPS) is 11.4. The summed E-state index contributed by atoms with van der Waals surface area (Å²) in [6, 6.07) is 0. The maximum atomic E-state index is 2.54. The van der Waals surface area contributed by atoms with Gasteiger partial charge in [-0.3, -0.25) is 0 Å². The van der Waals surface area contributed by atoms with Crippen molar-refractivity contribution >= 4 is 90.9 Å². The molecule has 0 spiro atoms. The highest BCUT2D eigenvalue weighted by atomic mass is 127. The minimum absolute atomic E-state index is 0.221. The molecule has 34 heavy (non-hydrogen) atoms. The van der Waals surface area contributed by atoms with E-state index in [4.69, 9.17) is 0 Å². The first-order chi connectivity index (χ1) is 15.7. The van der Waals surface area contributed by atoms with E-state index in [1.807, 2.05) is 0 Å². The molecule has 0 aliphatic rings. The lowest BCUT2D eigenvalue weighted by molar-refractivity contribution is 1.22. The Hall–Kier alpha value is -0.0851. The maximum Gasteiger partial charge on any atom is 0.243 e. The molecule has 4 heteroatoms. The molecule has 0 saturated carbocycles. The molecule has 0 atom stereocenters. The molecule has 180 valence electrons. The van der Waals surface area contributed by atoms with Crippen LogP contribution >= 0.6 is 67.8 Å². The van der Waals surface area contributed by atoms with Crippen LogP contribution in [0.4, 0.5) is 0 Å². The molecule has 0 aliphatic heterocycles. The van der Waals surface area contributed by atoms with Gasteiger partial charge in [-0.1, -0.05) is 49.8 Å². The summed E-state index contributed by atoms with van der Waals surface area (Å²) in [5, 5.41) is 0. The molecule has 3 rings (SSSR count). The summed E-state index contributed by atoms with van der Waals surface area (Å²) < 4.78 is 4.21. The van der Waals surface area contributed by atoms with Crippen molar-refractivity contribution in [1.82, 2.24) is 0 Å². The second kappa shape index (κ2) is 10.3. The molecule has 3 aromatic carbocycles. The van der Waals surface area contributed by atoms with Crippen molar-refractivity contribution in [3.05, 3.63) is 77.5 Å². The van der Waals surface area contributed by atoms with E-state index in [1.54, 1.807) is 0 Å². The van der Waals surface area contributed by atoms with Crippen molar-refractivity contribution in [3.63, 3.8) is 0 Å². The SMILES string of the molecule is Cc1c(C)c(B(c2c(C)c(C)c(I)c(C)c2C)c2c(C)c(C)c(I)c(C)c2C)c(C)c(C)c1I. The van der Waals surface area contributed by atoms with Crippen molar-refractivity contribution in [2.24, 2.45) is 0 Å². The third-order valence-corrected chi connectivity index (χ3v) is 13.5. The van der Waals surface area contributed by atoms with Gasteiger partial charge in [0, 0.05) is 10.7 Å². The zero-order valence-electron chi connectivity index (χ0n) is 22.7. The van der Waals surface area contributed by atoms with E-state index in [0.717, 1.165) is 0 Å². The van der Waals surface area contributed by atoms with E-state index in [2.05, 4.69) is 151 Å². The van der Waals surface area contributed by atoms with Crippen LogP contribution in [0.5, 0.6) is 0 Å². The van der Waals surface area contributed by atoms with Crippen molar-refractivity contribution in [1.29, 1.82) is 0 Å². The largest absolute Gasteiger partial charge is 0.243 e. The van der Waals surface area contributed by atoms with Crippen LogP contribution in [0.1, 0.15) is 66.8 Å². The van der Waals surface area contributed by atoms with Gasteiger partial charge in [0.2, 0.25) is 6.71 Å². The smallest absolute Gasteiger partial charge is 0.0623 e. The van der Waals surface area contributed by atoms with Crippen LogP contribution in [0.15, 0.2) is 0 Å². The van der Waals surface area contributed by atoms with Crippen LogP contribution in [0, 0.1) is 93.8 Å². The summed E-state index contributed by atoms with van der Waals surface area (Å²) in [5.41, 5.74) is 21.7. The minimum Gasteiger partial charge on any atom is -0.0623 e. The number of rotatable bonds is 3. The van der Waals surface area contributed by atoms with Gasteiger partial charge in [0.15, 0.2) is 0 Å². The van der Waals surface area contributed by atoms with Crippen LogP contribution in [0.25, 0.3) is 0 Å². The van der Waals surface area contributed by atoms with E-state index in [1.165, 1.54) is 93.9 Å². The van der Waals surface area contributed by atoms with E-state index in [9.17, 15) is 0 Å². The summed E-state index contributed by atoms with van der Waals surface area (Å²) in [6.07, 6.45) is 0. The topological polar surface area (TPSA) is 0 Å². The second-order valence-corrected chi connectivity index (χ2v) is 13.4. The van der Waals surface area contributed by atoms with Crippen LogP contribution in [-0.2, 0) is 0 Å². The molecule has 0 aliphatic carbocycles. The van der Waals surface area contributed by atoms with Gasteiger partial charge in [0.05, 0.1) is 0 Å². The van der Waals surface area contributed by atoms with Gasteiger partial charge in [-0.2, -0.15) is 0 Å². The summed E-state index contributed by atoms with van der Waals surface area (Å²) in [4.78, 5) is 0. The van der Waals surface area contributed by atoms with Gasteiger partial charge in [0.1, 0.15) is 0 Å². The first-order valence-electron chi connectivity index (χ1n) is 11.9. The Morgan fingerprint density at radius 1 is 0.294 bits per heavy atom. The van der Waals surface area contributed by atoms with Crippen LogP contribution in [0.2, 0.25) is 0 Å². The average Bonchev–Trinajstić information content (AvgIpc) is 2.81. The van der Waals surface area contributed by atoms with Crippen molar-refractivity contribution in [2.45, 2.75) is 83.1 Å². The fourth-order valence-corrected chi connectivity index (χ4v) is 8.05. The van der Waals surface area contributed by atoms with Crippen molar-refractivity contribution < 1.29 is 0 Å². The van der Waals surface area contributed by atoms with E-state index < -0.39 is 0 Å². The van der Waals surface area contributed by atoms with Crippen molar-refractivity contribution in [3.8, 4) is 0 Å². The Morgan fingerprint density at radius 3 is 0.588 bits per heavy atom. The summed E-state index contributed by atoms with van der Waals surface area (Å²) in [5.74, 6) is 0. The summed E-state index contributed by atoms with van der Waals surface area (Å²) in [7, 11) is 0. The average molecular weight is 788 g/mol. The molecule has 3 aromatic rings. The summed E-state index contributed by atoms with van der Waals surface area (Å²) in [6.45, 7) is 28.1. The van der Waals surface area contributed by atoms with Crippen molar-refractivity contribution in [2.75, 3.05) is 0 Å². The molecular weight excluding hydrogens is 752 g/mol. The Morgan fingerprint density at radius 2 is 0.441 bits per heavy atom. The molecule has 0 heterocycles. The van der Waals surface area contributed by atoms with Gasteiger partial charge in [-0.25, -0.2) is 0 Å². The second-order valence-electron chi connectivity index (χ2n) is 10.1. The van der Waals surface area contributed by atoms with E-state index in [-0.39, 0.29) is 6.71 Å². The highest BCUT2D eigenvalue weighted by Gasteiger charge is 2.34. The van der Waals surface area contributed by atoms with Gasteiger partial charge < -0.3 is 0 Å². The zero-order chi connectivity index (χ0) is 26.0. The molecule has 0 nitrogen and oxygen atoms in total. The molecule has 0 bridgehead atoms. The van der Waals surface area contributed by atoms with Gasteiger partial charge in [-0.15, -0.1) is 0 Å². The quantitative estimate of drug-likeness (QED) is 0.189. The van der Waals surface area contributed by atoms with Gasteiger partial charge in [-0.05, 0) is 184 Å². The first kappa shape index (κ1) is 28.5. The Kier molecular flexibility index (Phi) is 8.67. The predicted molar refractivity (Wildman–Crippen MR) is 179 cm³/mol. The highest BCUT2D eigenvalue weighted by Crippen LogP contribution is 2.28. The Labute approximate surface area is 249 Å². The van der Waals surface area contributed by atoms with Crippen LogP contribution in [-0.4, -0.2) is 6.71 Å². The van der Waals surface area contributed by atoms with Gasteiger partial charge >= 0.3 is 0 Å². The van der Waals surface area contributed by atoms with Gasteiger partial charge in [0.25, 0.3) is 0 Å². The molecule has 0 saturated heterocycles. The standard InChI is InChI=1S/C30H36BI3/c1-13-19(7)28(32)20(8)14(2)25(13)31(26-15(3)21(9)29(33)22(10)16(26)4)27-17(5)23(11)30(34)24(12)18(27)6/h1-12H3. The highest BCUT2D eigenvalue weighted by molar-refractivity contribution is 14.1. The number of halogens is 3. The van der Waals surface area contributed by atoms with Crippen LogP contribution < -0.4 is 16.4 Å². The summed E-state index contributed by atoms with van der Waals surface area (Å²) >= 11 is 7.63. The predicted octanol–water partition coefficient (Wildman–Crippen LogP) is 7.72. The minimum atomic E-state index is 0.221. The molecular formula is C30H36BI3. The number of benzene rings is 3. The molecule has 0 unspecified atom stereocenters. The fraction of sp³-hybridized carbons (Fsp3) is 0.400. The monoisotopic (exact) mass is 788 g/mol. The number of hydrogen-bond acceptors (Lipinski definition) is 0. The lowest BCUT2D eigenvalue weighted by Gasteiger charge is -2.31. The third-order valence-electron chi connectivity index (χ3n) is 8.64. The molecule has 0 radical (unpaired) electrons. The molecule has 0 amide bonds. The number of hydrogen-bond donors (Lipinski definition) is 0. The van der Waals surface area contributed by atoms with E-state index in [0.29, 0.717) is 0 Å². The lowest BCUT2D eigenvalue weighted by Crippen LogP contribution is -2.58. The lowest BCUT2D eigenvalue weighted by atomic mass is 9.32. The fourth-order valence-electron chi connectivity index (χ4n) is 5.62. The zero-order valence-corrected chi connectivity index (χ0v) is 29.2. The molecule has 0 aromatic heterocycles. The molecule has 0 N–H and O–H groups in total. The Bertz CT molecular complexity index is 1100. The molecule has 0 fully saturated rings. The third kappa shape index (κ3) is 4.33. The first-order valence-corrected chi connectivity index (χ1v) is 15.2. The maximum absolute atomic E-state index is 2.54. The Balaban J connectivity index is 2.68. The van der Waals surface area contributed by atoms with E-state index >= 15 is 0 Å².